The molecule has 0 spiro atoms. The average molecular weight is 317 g/mol. The van der Waals surface area contributed by atoms with Gasteiger partial charge in [-0.05, 0) is 44.4 Å². The number of hydrogen-bond donors (Lipinski definition) is 2. The van der Waals surface area contributed by atoms with Gasteiger partial charge in [-0.25, -0.2) is 0 Å². The molecule has 0 unspecified atom stereocenters. The summed E-state index contributed by atoms with van der Waals surface area (Å²) in [5.41, 5.74) is 3.15. The summed E-state index contributed by atoms with van der Waals surface area (Å²) in [6.45, 7) is 4.29. The summed E-state index contributed by atoms with van der Waals surface area (Å²) in [6.07, 6.45) is 0.957. The number of aliphatic carboxylic acids is 1. The molecule has 124 valence electrons. The van der Waals surface area contributed by atoms with Crippen LogP contribution in [0.3, 0.4) is 0 Å². The number of benzene rings is 1. The third-order valence-corrected chi connectivity index (χ3v) is 4.55. The highest BCUT2D eigenvalue weighted by Crippen LogP contribution is 2.34. The van der Waals surface area contributed by atoms with Crippen molar-refractivity contribution in [3.05, 3.63) is 41.0 Å². The van der Waals surface area contributed by atoms with Gasteiger partial charge in [-0.2, -0.15) is 0 Å². The van der Waals surface area contributed by atoms with Crippen LogP contribution >= 0.6 is 0 Å². The molecule has 1 aliphatic rings. The molecule has 2 rings (SSSR count). The van der Waals surface area contributed by atoms with Gasteiger partial charge in [-0.15, -0.1) is 0 Å². The largest absolute Gasteiger partial charge is 0.497 e. The lowest BCUT2D eigenvalue weighted by Gasteiger charge is -2.29. The fourth-order valence-corrected chi connectivity index (χ4v) is 2.89. The molecule has 2 atom stereocenters. The predicted octanol–water partition coefficient (Wildman–Crippen LogP) is 2.76. The summed E-state index contributed by atoms with van der Waals surface area (Å²) in [5, 5.41) is 12.2. The van der Waals surface area contributed by atoms with E-state index in [1.807, 2.05) is 38.1 Å². The number of carbonyl (C=O) groups excluding carboxylic acids is 1. The van der Waals surface area contributed by atoms with E-state index in [1.54, 1.807) is 7.11 Å². The Morgan fingerprint density at radius 3 is 2.22 bits per heavy atom. The molecule has 23 heavy (non-hydrogen) atoms. The van der Waals surface area contributed by atoms with Gasteiger partial charge in [-0.1, -0.05) is 23.3 Å². The van der Waals surface area contributed by atoms with Crippen LogP contribution in [0.4, 0.5) is 0 Å². The molecular formula is C18H23NO4. The maximum Gasteiger partial charge on any atom is 0.307 e. The molecule has 1 amide bonds. The van der Waals surface area contributed by atoms with Crippen LogP contribution in [0.15, 0.2) is 35.4 Å². The van der Waals surface area contributed by atoms with Gasteiger partial charge >= 0.3 is 5.97 Å². The molecule has 0 saturated carbocycles. The zero-order chi connectivity index (χ0) is 17.0. The summed E-state index contributed by atoms with van der Waals surface area (Å²) in [6, 6.07) is 7.42. The van der Waals surface area contributed by atoms with Gasteiger partial charge in [0.1, 0.15) is 5.75 Å². The van der Waals surface area contributed by atoms with Crippen molar-refractivity contribution in [3.8, 4) is 5.75 Å². The van der Waals surface area contributed by atoms with Gasteiger partial charge < -0.3 is 15.2 Å². The Balaban J connectivity index is 2.02. The number of ether oxygens (including phenoxy) is 1. The number of amides is 1. The lowest BCUT2D eigenvalue weighted by molar-refractivity contribution is -0.147. The summed E-state index contributed by atoms with van der Waals surface area (Å²) in [7, 11) is 1.60. The Bertz CT molecular complexity index is 618. The van der Waals surface area contributed by atoms with Crippen molar-refractivity contribution >= 4 is 11.9 Å². The van der Waals surface area contributed by atoms with Crippen LogP contribution in [0.5, 0.6) is 5.75 Å². The number of carbonyl (C=O) groups is 2. The van der Waals surface area contributed by atoms with Crippen LogP contribution in [0.1, 0.15) is 32.3 Å². The van der Waals surface area contributed by atoms with Gasteiger partial charge in [0, 0.05) is 6.54 Å². The standard InChI is InChI=1S/C18H23NO4/c1-11-8-15(16(18(21)22)9-12(11)2)17(20)19-10-13-4-6-14(23-3)7-5-13/h4-7,15-16H,8-10H2,1-3H3,(H,19,20)(H,21,22)/t15-,16+/m1/s1. The smallest absolute Gasteiger partial charge is 0.307 e. The molecule has 0 saturated heterocycles. The Kier molecular flexibility index (Phi) is 5.42. The number of methoxy groups -OCH3 is 1. The molecule has 2 N–H and O–H groups in total. The van der Waals surface area contributed by atoms with Crippen LogP contribution < -0.4 is 10.1 Å². The van der Waals surface area contributed by atoms with Gasteiger partial charge in [0.25, 0.3) is 0 Å². The quantitative estimate of drug-likeness (QED) is 0.819. The highest BCUT2D eigenvalue weighted by Gasteiger charge is 2.37. The molecule has 5 nitrogen and oxygen atoms in total. The Morgan fingerprint density at radius 2 is 1.70 bits per heavy atom. The third kappa shape index (κ3) is 4.12. The summed E-state index contributed by atoms with van der Waals surface area (Å²) < 4.78 is 5.09. The van der Waals surface area contributed by atoms with Gasteiger partial charge in [0.05, 0.1) is 18.9 Å². The monoisotopic (exact) mass is 317 g/mol. The first-order valence-corrected chi connectivity index (χ1v) is 7.71. The molecule has 0 aliphatic heterocycles. The van der Waals surface area contributed by atoms with Crippen molar-refractivity contribution in [1.82, 2.24) is 5.32 Å². The molecule has 0 heterocycles. The Labute approximate surface area is 136 Å². The molecule has 0 fully saturated rings. The lowest BCUT2D eigenvalue weighted by atomic mass is 9.76. The van der Waals surface area contributed by atoms with Crippen molar-refractivity contribution in [1.29, 1.82) is 0 Å². The Hall–Kier alpha value is -2.30. The second-order valence-electron chi connectivity index (χ2n) is 6.09. The van der Waals surface area contributed by atoms with Crippen LogP contribution in [-0.4, -0.2) is 24.1 Å². The highest BCUT2D eigenvalue weighted by atomic mass is 16.5. The fraction of sp³-hybridized carbons (Fsp3) is 0.444. The van der Waals surface area contributed by atoms with E-state index in [1.165, 1.54) is 0 Å². The van der Waals surface area contributed by atoms with E-state index < -0.39 is 17.8 Å². The molecule has 0 radical (unpaired) electrons. The van der Waals surface area contributed by atoms with Crippen LogP contribution in [0.25, 0.3) is 0 Å². The molecule has 0 bridgehead atoms. The minimum atomic E-state index is -0.901. The number of carboxylic acids is 1. The third-order valence-electron chi connectivity index (χ3n) is 4.55. The first kappa shape index (κ1) is 17.1. The van der Waals surface area contributed by atoms with E-state index in [2.05, 4.69) is 5.32 Å². The average Bonchev–Trinajstić information content (AvgIpc) is 2.55. The topological polar surface area (TPSA) is 75.6 Å². The van der Waals surface area contributed by atoms with Gasteiger partial charge in [0.2, 0.25) is 5.91 Å². The first-order valence-electron chi connectivity index (χ1n) is 7.71. The van der Waals surface area contributed by atoms with E-state index in [-0.39, 0.29) is 5.91 Å². The zero-order valence-corrected chi connectivity index (χ0v) is 13.8. The van der Waals surface area contributed by atoms with E-state index in [4.69, 9.17) is 4.74 Å². The minimum Gasteiger partial charge on any atom is -0.497 e. The van der Waals surface area contributed by atoms with Crippen LogP contribution in [0, 0.1) is 11.8 Å². The van der Waals surface area contributed by atoms with E-state index in [0.29, 0.717) is 19.4 Å². The maximum absolute atomic E-state index is 12.4. The molecule has 1 aromatic rings. The van der Waals surface area contributed by atoms with Crippen molar-refractivity contribution in [2.75, 3.05) is 7.11 Å². The highest BCUT2D eigenvalue weighted by molar-refractivity contribution is 5.85. The zero-order valence-electron chi connectivity index (χ0n) is 13.8. The number of nitrogens with one attached hydrogen (secondary N) is 1. The summed E-state index contributed by atoms with van der Waals surface area (Å²) in [5.74, 6) is -1.49. The lowest BCUT2D eigenvalue weighted by Crippen LogP contribution is -2.39. The second-order valence-corrected chi connectivity index (χ2v) is 6.09. The fourth-order valence-electron chi connectivity index (χ4n) is 2.89. The van der Waals surface area contributed by atoms with E-state index in [9.17, 15) is 14.7 Å². The first-order chi connectivity index (χ1) is 10.9. The minimum absolute atomic E-state index is 0.194. The van der Waals surface area contributed by atoms with Crippen molar-refractivity contribution < 1.29 is 19.4 Å². The van der Waals surface area contributed by atoms with Crippen molar-refractivity contribution in [2.45, 2.75) is 33.2 Å². The van der Waals surface area contributed by atoms with E-state index in [0.717, 1.165) is 22.5 Å². The van der Waals surface area contributed by atoms with Gasteiger partial charge in [-0.3, -0.25) is 9.59 Å². The van der Waals surface area contributed by atoms with Crippen molar-refractivity contribution in [3.63, 3.8) is 0 Å². The van der Waals surface area contributed by atoms with Crippen LogP contribution in [-0.2, 0) is 16.1 Å². The molecule has 5 heteroatoms. The number of rotatable bonds is 5. The van der Waals surface area contributed by atoms with Gasteiger partial charge in [0.15, 0.2) is 0 Å². The number of hydrogen-bond acceptors (Lipinski definition) is 3. The molecule has 1 aliphatic carbocycles. The number of carboxylic acid groups (broad SMARTS) is 1. The number of allylic oxidation sites excluding steroid dienone is 2. The second kappa shape index (κ2) is 7.31. The maximum atomic E-state index is 12.4. The van der Waals surface area contributed by atoms with Crippen molar-refractivity contribution in [2.24, 2.45) is 11.8 Å². The summed E-state index contributed by atoms with van der Waals surface area (Å²) in [4.78, 5) is 23.9. The predicted molar refractivity (Wildman–Crippen MR) is 87.1 cm³/mol. The molecule has 0 aromatic heterocycles. The molecular weight excluding hydrogens is 294 g/mol. The SMILES string of the molecule is COc1ccc(CNC(=O)[C@@H]2CC(C)=C(C)C[C@@H]2C(=O)O)cc1. The summed E-state index contributed by atoms with van der Waals surface area (Å²) >= 11 is 0. The normalized spacial score (nSPS) is 21.0. The van der Waals surface area contributed by atoms with Crippen LogP contribution in [0.2, 0.25) is 0 Å². The van der Waals surface area contributed by atoms with E-state index >= 15 is 0 Å². The molecule has 1 aromatic carbocycles. The Morgan fingerprint density at radius 1 is 1.13 bits per heavy atom.